The van der Waals surface area contributed by atoms with E-state index in [1.807, 2.05) is 37.3 Å². The maximum absolute atomic E-state index is 12.1. The summed E-state index contributed by atoms with van der Waals surface area (Å²) in [5.41, 5.74) is 3.97. The molecule has 0 fully saturated rings. The predicted octanol–water partition coefficient (Wildman–Crippen LogP) is 1.47. The molecule has 1 heterocycles. The molecule has 2 aromatic rings. The fourth-order valence-electron chi connectivity index (χ4n) is 2.28. The Balaban J connectivity index is 1.82. The zero-order valence-corrected chi connectivity index (χ0v) is 11.1. The molecule has 4 nitrogen and oxygen atoms in total. The molecule has 3 rings (SSSR count). The van der Waals surface area contributed by atoms with Gasteiger partial charge in [-0.3, -0.25) is 4.79 Å². The molecular weight excluding hydrogens is 253 g/mol. The monoisotopic (exact) mass is 267 g/mol. The largest absolute Gasteiger partial charge is 0.491 e. The van der Waals surface area contributed by atoms with E-state index in [0.717, 1.165) is 11.1 Å². The van der Waals surface area contributed by atoms with E-state index >= 15 is 0 Å². The predicted molar refractivity (Wildman–Crippen MR) is 78.0 cm³/mol. The van der Waals surface area contributed by atoms with E-state index in [2.05, 4.69) is 5.32 Å². The number of hydrogen-bond donors (Lipinski definition) is 2. The number of nitrogens with one attached hydrogen (secondary N) is 1. The van der Waals surface area contributed by atoms with Gasteiger partial charge in [0, 0.05) is 11.3 Å². The molecule has 0 radical (unpaired) electrons. The molecule has 0 bridgehead atoms. The fourth-order valence-corrected chi connectivity index (χ4v) is 2.28. The van der Waals surface area contributed by atoms with E-state index in [4.69, 9.17) is 4.65 Å². The lowest BCUT2D eigenvalue weighted by molar-refractivity contribution is 0.102. The quantitative estimate of drug-likeness (QED) is 0.810. The highest BCUT2D eigenvalue weighted by molar-refractivity contribution is 6.61. The number of aryl methyl sites for hydroxylation is 1. The highest BCUT2D eigenvalue weighted by Crippen LogP contribution is 2.15. The molecule has 5 heteroatoms. The van der Waals surface area contributed by atoms with Crippen molar-refractivity contribution in [2.75, 3.05) is 5.32 Å². The van der Waals surface area contributed by atoms with Gasteiger partial charge in [-0.15, -0.1) is 0 Å². The van der Waals surface area contributed by atoms with Crippen LogP contribution >= 0.6 is 0 Å². The Morgan fingerprint density at radius 1 is 1.30 bits per heavy atom. The van der Waals surface area contributed by atoms with Crippen LogP contribution < -0.4 is 10.8 Å². The summed E-state index contributed by atoms with van der Waals surface area (Å²) in [6, 6.07) is 12.8. The number of carbonyl (C=O) groups excluding carboxylic acids is 1. The lowest BCUT2D eigenvalue weighted by Gasteiger charge is -2.07. The third-order valence-electron chi connectivity index (χ3n) is 3.35. The number of benzene rings is 2. The normalized spacial score (nSPS) is 13.2. The van der Waals surface area contributed by atoms with Crippen LogP contribution in [0.1, 0.15) is 21.5 Å². The molecule has 0 atom stereocenters. The van der Waals surface area contributed by atoms with Crippen LogP contribution in [0.5, 0.6) is 0 Å². The van der Waals surface area contributed by atoms with Crippen molar-refractivity contribution in [3.8, 4) is 0 Å². The van der Waals surface area contributed by atoms with Gasteiger partial charge >= 0.3 is 7.12 Å². The topological polar surface area (TPSA) is 58.6 Å². The van der Waals surface area contributed by atoms with Crippen LogP contribution in [0.4, 0.5) is 5.69 Å². The van der Waals surface area contributed by atoms with E-state index in [9.17, 15) is 9.82 Å². The number of anilines is 1. The Bertz CT molecular complexity index is 672. The van der Waals surface area contributed by atoms with Crippen molar-refractivity contribution in [3.05, 3.63) is 59.2 Å². The van der Waals surface area contributed by atoms with E-state index < -0.39 is 7.12 Å². The molecular formula is C15H14BNO3. The van der Waals surface area contributed by atoms with Gasteiger partial charge in [0.25, 0.3) is 5.91 Å². The van der Waals surface area contributed by atoms with E-state index in [0.29, 0.717) is 23.3 Å². The van der Waals surface area contributed by atoms with Crippen molar-refractivity contribution in [2.45, 2.75) is 13.5 Å². The Hall–Kier alpha value is -2.11. The molecule has 1 aliphatic heterocycles. The smallest absolute Gasteiger partial charge is 0.423 e. The average molecular weight is 267 g/mol. The molecule has 0 aromatic heterocycles. The molecule has 100 valence electrons. The molecule has 0 unspecified atom stereocenters. The first-order valence-corrected chi connectivity index (χ1v) is 6.44. The molecule has 20 heavy (non-hydrogen) atoms. The molecule has 0 aliphatic carbocycles. The molecule has 0 saturated heterocycles. The van der Waals surface area contributed by atoms with Crippen LogP contribution in [0, 0.1) is 6.92 Å². The fraction of sp³-hybridized carbons (Fsp3) is 0.133. The van der Waals surface area contributed by atoms with Crippen LogP contribution in [-0.4, -0.2) is 18.0 Å². The standard InChI is InChI=1S/C15H14BNO3/c1-10-3-2-4-11(7-10)15(18)17-13-6-5-12-9-20-16(19)14(12)8-13/h2-8,19H,9H2,1H3,(H,17,18). The highest BCUT2D eigenvalue weighted by Gasteiger charge is 2.27. The average Bonchev–Trinajstić information content (AvgIpc) is 2.80. The summed E-state index contributed by atoms with van der Waals surface area (Å²) < 4.78 is 5.13. The first-order valence-electron chi connectivity index (χ1n) is 6.44. The first kappa shape index (κ1) is 12.9. The Labute approximate surface area is 117 Å². The maximum Gasteiger partial charge on any atom is 0.491 e. The summed E-state index contributed by atoms with van der Waals surface area (Å²) in [5, 5.41) is 12.5. The van der Waals surface area contributed by atoms with Crippen LogP contribution in [-0.2, 0) is 11.3 Å². The van der Waals surface area contributed by atoms with Gasteiger partial charge in [0.15, 0.2) is 0 Å². The van der Waals surface area contributed by atoms with Gasteiger partial charge in [-0.05, 0) is 42.2 Å². The van der Waals surface area contributed by atoms with Crippen molar-refractivity contribution in [3.63, 3.8) is 0 Å². The van der Waals surface area contributed by atoms with E-state index in [1.54, 1.807) is 12.1 Å². The summed E-state index contributed by atoms with van der Waals surface area (Å²) in [6.45, 7) is 2.35. The van der Waals surface area contributed by atoms with Crippen LogP contribution in [0.2, 0.25) is 0 Å². The van der Waals surface area contributed by atoms with Crippen molar-refractivity contribution >= 4 is 24.2 Å². The second-order valence-corrected chi connectivity index (χ2v) is 4.90. The Kier molecular flexibility index (Phi) is 3.30. The molecule has 0 saturated carbocycles. The van der Waals surface area contributed by atoms with Gasteiger partial charge in [0.1, 0.15) is 0 Å². The minimum atomic E-state index is -0.902. The lowest BCUT2D eigenvalue weighted by Crippen LogP contribution is -2.28. The second-order valence-electron chi connectivity index (χ2n) is 4.90. The minimum Gasteiger partial charge on any atom is -0.423 e. The number of fused-ring (bicyclic) bond motifs is 1. The third-order valence-corrected chi connectivity index (χ3v) is 3.35. The number of hydrogen-bond acceptors (Lipinski definition) is 3. The number of rotatable bonds is 2. The first-order chi connectivity index (χ1) is 9.63. The second kappa shape index (κ2) is 5.11. The van der Waals surface area contributed by atoms with Crippen molar-refractivity contribution < 1.29 is 14.5 Å². The third kappa shape index (κ3) is 2.46. The Morgan fingerprint density at radius 2 is 2.15 bits per heavy atom. The number of carbonyl (C=O) groups is 1. The highest BCUT2D eigenvalue weighted by atomic mass is 16.5. The van der Waals surface area contributed by atoms with Crippen LogP contribution in [0.15, 0.2) is 42.5 Å². The lowest BCUT2D eigenvalue weighted by atomic mass is 9.79. The summed E-state index contributed by atoms with van der Waals surface area (Å²) in [7, 11) is -0.902. The molecule has 1 aliphatic rings. The summed E-state index contributed by atoms with van der Waals surface area (Å²) >= 11 is 0. The Morgan fingerprint density at radius 3 is 2.95 bits per heavy atom. The molecule has 0 spiro atoms. The summed E-state index contributed by atoms with van der Waals surface area (Å²) in [5.74, 6) is -0.165. The molecule has 2 N–H and O–H groups in total. The van der Waals surface area contributed by atoms with Crippen LogP contribution in [0.25, 0.3) is 0 Å². The SMILES string of the molecule is Cc1cccc(C(=O)Nc2ccc3c(c2)B(O)OC3)c1. The van der Waals surface area contributed by atoms with Crippen molar-refractivity contribution in [1.29, 1.82) is 0 Å². The van der Waals surface area contributed by atoms with Crippen molar-refractivity contribution in [2.24, 2.45) is 0 Å². The zero-order valence-electron chi connectivity index (χ0n) is 11.1. The maximum atomic E-state index is 12.1. The summed E-state index contributed by atoms with van der Waals surface area (Å²) in [4.78, 5) is 12.1. The van der Waals surface area contributed by atoms with Gasteiger partial charge in [-0.25, -0.2) is 0 Å². The van der Waals surface area contributed by atoms with Gasteiger partial charge in [-0.2, -0.15) is 0 Å². The molecule has 2 aromatic carbocycles. The van der Waals surface area contributed by atoms with Gasteiger partial charge in [0.2, 0.25) is 0 Å². The van der Waals surface area contributed by atoms with Gasteiger partial charge < -0.3 is 15.0 Å². The van der Waals surface area contributed by atoms with Crippen LogP contribution in [0.3, 0.4) is 0 Å². The van der Waals surface area contributed by atoms with Gasteiger partial charge in [-0.1, -0.05) is 23.8 Å². The van der Waals surface area contributed by atoms with E-state index in [1.165, 1.54) is 0 Å². The summed E-state index contributed by atoms with van der Waals surface area (Å²) in [6.07, 6.45) is 0. The van der Waals surface area contributed by atoms with E-state index in [-0.39, 0.29) is 5.91 Å². The van der Waals surface area contributed by atoms with Crippen molar-refractivity contribution in [1.82, 2.24) is 0 Å². The van der Waals surface area contributed by atoms with Gasteiger partial charge in [0.05, 0.1) is 6.61 Å². The zero-order chi connectivity index (χ0) is 14.1. The number of amides is 1. The molecule has 1 amide bonds. The minimum absolute atomic E-state index is 0.165.